The van der Waals surface area contributed by atoms with Crippen molar-refractivity contribution in [2.24, 2.45) is 52.8 Å². The SMILES string of the molecule is CC1([C@H]2C[C@@H](C3CC3)[C@H]3[C@@H]4CC[C@@H]5C[C@](C)(O)CC[C@@H]5[C@H]4CC[C@@]32C)CO1. The highest BCUT2D eigenvalue weighted by Gasteiger charge is 2.67. The van der Waals surface area contributed by atoms with E-state index in [-0.39, 0.29) is 11.2 Å². The molecule has 6 rings (SSSR count). The van der Waals surface area contributed by atoms with Crippen LogP contribution in [0, 0.1) is 52.8 Å². The van der Waals surface area contributed by atoms with E-state index in [2.05, 4.69) is 20.8 Å². The van der Waals surface area contributed by atoms with Crippen LogP contribution in [0.2, 0.25) is 0 Å². The molecule has 2 heteroatoms. The number of hydrogen-bond donors (Lipinski definition) is 1. The Morgan fingerprint density at radius 1 is 0.778 bits per heavy atom. The largest absolute Gasteiger partial charge is 0.390 e. The second-order valence-electron chi connectivity index (χ2n) is 12.5. The summed E-state index contributed by atoms with van der Waals surface area (Å²) in [7, 11) is 0. The molecule has 5 saturated carbocycles. The van der Waals surface area contributed by atoms with Gasteiger partial charge in [-0.05, 0) is 131 Å². The third-order valence-electron chi connectivity index (χ3n) is 10.9. The van der Waals surface area contributed by atoms with Gasteiger partial charge >= 0.3 is 0 Å². The summed E-state index contributed by atoms with van der Waals surface area (Å²) in [5.41, 5.74) is 0.362. The molecule has 152 valence electrons. The Labute approximate surface area is 165 Å². The fourth-order valence-electron chi connectivity index (χ4n) is 9.53. The quantitative estimate of drug-likeness (QED) is 0.656. The number of aliphatic hydroxyl groups is 1. The van der Waals surface area contributed by atoms with Crippen molar-refractivity contribution in [2.75, 3.05) is 6.61 Å². The summed E-state index contributed by atoms with van der Waals surface area (Å²) in [6, 6.07) is 0. The van der Waals surface area contributed by atoms with Crippen LogP contribution >= 0.6 is 0 Å². The first-order valence-corrected chi connectivity index (χ1v) is 12.2. The molecular formula is C25H40O2. The zero-order valence-electron chi connectivity index (χ0n) is 17.8. The van der Waals surface area contributed by atoms with Gasteiger partial charge in [0.1, 0.15) is 0 Å². The third kappa shape index (κ3) is 2.57. The summed E-state index contributed by atoms with van der Waals surface area (Å²) in [4.78, 5) is 0. The lowest BCUT2D eigenvalue weighted by atomic mass is 9.47. The summed E-state index contributed by atoms with van der Waals surface area (Å²) >= 11 is 0. The molecule has 0 aromatic rings. The molecule has 27 heavy (non-hydrogen) atoms. The van der Waals surface area contributed by atoms with Crippen LogP contribution in [0.1, 0.15) is 85.0 Å². The monoisotopic (exact) mass is 372 g/mol. The molecule has 10 atom stereocenters. The lowest BCUT2D eigenvalue weighted by Crippen LogP contribution is -2.52. The van der Waals surface area contributed by atoms with Gasteiger partial charge in [-0.25, -0.2) is 0 Å². The zero-order valence-corrected chi connectivity index (χ0v) is 17.8. The maximum absolute atomic E-state index is 10.6. The number of hydrogen-bond acceptors (Lipinski definition) is 2. The molecule has 2 nitrogen and oxygen atoms in total. The highest BCUT2D eigenvalue weighted by Crippen LogP contribution is 2.71. The Morgan fingerprint density at radius 3 is 2.19 bits per heavy atom. The van der Waals surface area contributed by atoms with Crippen molar-refractivity contribution in [2.45, 2.75) is 96.2 Å². The normalized spacial score (nSPS) is 62.4. The van der Waals surface area contributed by atoms with E-state index in [0.717, 1.165) is 66.8 Å². The maximum atomic E-state index is 10.6. The smallest absolute Gasteiger partial charge is 0.0921 e. The van der Waals surface area contributed by atoms with E-state index in [1.165, 1.54) is 51.4 Å². The molecule has 1 aliphatic heterocycles. The standard InChI is InChI=1S/C25H40O2/c1-23(26)10-8-17-16(13-23)6-7-19-18(17)9-11-24(2)21(25(3)14-27-25)12-20(22(19)24)15-4-5-15/h15-22,26H,4-14H2,1-3H3/t16-,17+,18-,19-,20+,21+,22-,23-,24-,25?/m1/s1. The molecule has 6 fully saturated rings. The van der Waals surface area contributed by atoms with Gasteiger partial charge in [0.15, 0.2) is 0 Å². The van der Waals surface area contributed by atoms with Crippen molar-refractivity contribution in [1.29, 1.82) is 0 Å². The average molecular weight is 373 g/mol. The van der Waals surface area contributed by atoms with Crippen molar-refractivity contribution in [3.8, 4) is 0 Å². The van der Waals surface area contributed by atoms with Crippen molar-refractivity contribution in [3.05, 3.63) is 0 Å². The zero-order chi connectivity index (χ0) is 18.6. The highest BCUT2D eigenvalue weighted by molar-refractivity contribution is 5.16. The van der Waals surface area contributed by atoms with Crippen LogP contribution in [0.25, 0.3) is 0 Å². The van der Waals surface area contributed by atoms with Gasteiger partial charge in [-0.1, -0.05) is 6.92 Å². The van der Waals surface area contributed by atoms with Crippen LogP contribution in [0.5, 0.6) is 0 Å². The van der Waals surface area contributed by atoms with Gasteiger partial charge in [0, 0.05) is 0 Å². The molecule has 1 unspecified atom stereocenters. The van der Waals surface area contributed by atoms with Crippen molar-refractivity contribution in [3.63, 3.8) is 0 Å². The second-order valence-corrected chi connectivity index (χ2v) is 12.5. The van der Waals surface area contributed by atoms with E-state index in [9.17, 15) is 5.11 Å². The second kappa shape index (κ2) is 5.54. The Hall–Kier alpha value is -0.0800. The van der Waals surface area contributed by atoms with Gasteiger partial charge in [-0.2, -0.15) is 0 Å². The Bertz CT molecular complexity index is 618. The molecule has 1 N–H and O–H groups in total. The van der Waals surface area contributed by atoms with Gasteiger partial charge in [0.05, 0.1) is 17.8 Å². The molecule has 1 saturated heterocycles. The van der Waals surface area contributed by atoms with Gasteiger partial charge in [-0.3, -0.25) is 0 Å². The topological polar surface area (TPSA) is 32.8 Å². The first-order chi connectivity index (χ1) is 12.8. The number of epoxide rings is 1. The summed E-state index contributed by atoms with van der Waals surface area (Å²) < 4.78 is 6.06. The predicted molar refractivity (Wildman–Crippen MR) is 107 cm³/mol. The van der Waals surface area contributed by atoms with E-state index >= 15 is 0 Å². The van der Waals surface area contributed by atoms with E-state index in [1.807, 2.05) is 0 Å². The molecule has 0 aromatic heterocycles. The van der Waals surface area contributed by atoms with E-state index in [0.29, 0.717) is 5.41 Å². The molecule has 6 aliphatic rings. The number of rotatable bonds is 2. The minimum Gasteiger partial charge on any atom is -0.390 e. The lowest BCUT2D eigenvalue weighted by Gasteiger charge is -2.58. The molecule has 0 spiro atoms. The first-order valence-electron chi connectivity index (χ1n) is 12.2. The summed E-state index contributed by atoms with van der Waals surface area (Å²) in [5.74, 6) is 7.49. The summed E-state index contributed by atoms with van der Waals surface area (Å²) in [5, 5.41) is 10.6. The molecule has 0 radical (unpaired) electrons. The molecule has 0 bridgehead atoms. The van der Waals surface area contributed by atoms with Crippen LogP contribution in [-0.2, 0) is 4.74 Å². The fourth-order valence-corrected chi connectivity index (χ4v) is 9.53. The van der Waals surface area contributed by atoms with Crippen molar-refractivity contribution in [1.82, 2.24) is 0 Å². The molecule has 0 aromatic carbocycles. The minimum atomic E-state index is -0.385. The maximum Gasteiger partial charge on any atom is 0.0921 e. The Kier molecular flexibility index (Phi) is 3.64. The van der Waals surface area contributed by atoms with Crippen LogP contribution in [0.15, 0.2) is 0 Å². The molecule has 5 aliphatic carbocycles. The van der Waals surface area contributed by atoms with Crippen molar-refractivity contribution < 1.29 is 9.84 Å². The van der Waals surface area contributed by atoms with Crippen LogP contribution < -0.4 is 0 Å². The van der Waals surface area contributed by atoms with Gasteiger partial charge in [0.25, 0.3) is 0 Å². The van der Waals surface area contributed by atoms with Crippen LogP contribution in [-0.4, -0.2) is 22.9 Å². The Balaban J connectivity index is 1.31. The predicted octanol–water partition coefficient (Wildman–Crippen LogP) is 5.43. The fraction of sp³-hybridized carbons (Fsp3) is 1.00. The van der Waals surface area contributed by atoms with E-state index < -0.39 is 0 Å². The van der Waals surface area contributed by atoms with Gasteiger partial charge in [-0.15, -0.1) is 0 Å². The number of fused-ring (bicyclic) bond motifs is 5. The first kappa shape index (κ1) is 17.8. The summed E-state index contributed by atoms with van der Waals surface area (Å²) in [6.07, 6.45) is 13.6. The summed E-state index contributed by atoms with van der Waals surface area (Å²) in [6.45, 7) is 8.21. The van der Waals surface area contributed by atoms with Crippen LogP contribution in [0.3, 0.4) is 0 Å². The van der Waals surface area contributed by atoms with Gasteiger partial charge < -0.3 is 9.84 Å². The average Bonchev–Trinajstić information content (AvgIpc) is 3.53. The highest BCUT2D eigenvalue weighted by atomic mass is 16.6. The van der Waals surface area contributed by atoms with Crippen LogP contribution in [0.4, 0.5) is 0 Å². The third-order valence-corrected chi connectivity index (χ3v) is 10.9. The van der Waals surface area contributed by atoms with E-state index in [1.54, 1.807) is 0 Å². The lowest BCUT2D eigenvalue weighted by molar-refractivity contribution is -0.111. The van der Waals surface area contributed by atoms with Crippen molar-refractivity contribution >= 4 is 0 Å². The molecular weight excluding hydrogens is 332 g/mol. The molecule has 1 heterocycles. The van der Waals surface area contributed by atoms with Gasteiger partial charge in [0.2, 0.25) is 0 Å². The van der Waals surface area contributed by atoms with E-state index in [4.69, 9.17) is 4.74 Å². The molecule has 0 amide bonds. The Morgan fingerprint density at radius 2 is 1.48 bits per heavy atom. The minimum absolute atomic E-state index is 0.213. The number of ether oxygens (including phenoxy) is 1.